The van der Waals surface area contributed by atoms with Crippen LogP contribution in [0.4, 0.5) is 0 Å². The third kappa shape index (κ3) is 4.05. The van der Waals surface area contributed by atoms with E-state index in [1.54, 1.807) is 6.20 Å². The molecule has 3 heterocycles. The zero-order chi connectivity index (χ0) is 18.8. The van der Waals surface area contributed by atoms with Gasteiger partial charge in [0.15, 0.2) is 5.16 Å². The number of hydrogen-bond donors (Lipinski definition) is 1. The molecule has 1 aromatic heterocycles. The van der Waals surface area contributed by atoms with E-state index in [1.165, 1.54) is 11.8 Å². The zero-order valence-corrected chi connectivity index (χ0v) is 16.5. The molecule has 0 spiro atoms. The maximum Gasteiger partial charge on any atom is 0.225 e. The standard InChI is InChI=1S/C19H20ClN3O3S/c1-27-19-21-4-2-16(23-19)12-6-13-7-14(26-17(13)15(20)8-12)9-22-18(24)11-3-5-25-10-11/h2,4,6,8,11,14H,3,5,7,9-10H2,1H3,(H,22,24)/t11-,14+/m0/s1. The van der Waals surface area contributed by atoms with Crippen molar-refractivity contribution in [2.75, 3.05) is 26.0 Å². The molecule has 6 nitrogen and oxygen atoms in total. The van der Waals surface area contributed by atoms with E-state index in [0.29, 0.717) is 37.0 Å². The lowest BCUT2D eigenvalue weighted by Gasteiger charge is -2.14. The summed E-state index contributed by atoms with van der Waals surface area (Å²) in [7, 11) is 0. The number of rotatable bonds is 5. The van der Waals surface area contributed by atoms with Gasteiger partial charge in [0.1, 0.15) is 11.9 Å². The molecule has 1 aromatic carbocycles. The van der Waals surface area contributed by atoms with E-state index in [-0.39, 0.29) is 17.9 Å². The summed E-state index contributed by atoms with van der Waals surface area (Å²) in [5.41, 5.74) is 2.80. The molecule has 142 valence electrons. The van der Waals surface area contributed by atoms with Crippen molar-refractivity contribution >= 4 is 29.3 Å². The number of halogens is 1. The molecule has 0 unspecified atom stereocenters. The Hall–Kier alpha value is -1.83. The molecule has 1 fully saturated rings. The Kier molecular flexibility index (Phi) is 5.52. The maximum absolute atomic E-state index is 12.2. The Bertz CT molecular complexity index is 858. The average Bonchev–Trinajstić information content (AvgIpc) is 3.36. The number of carbonyl (C=O) groups is 1. The fourth-order valence-corrected chi connectivity index (χ4v) is 3.99. The van der Waals surface area contributed by atoms with Crippen LogP contribution in [-0.2, 0) is 16.0 Å². The average molecular weight is 406 g/mol. The highest BCUT2D eigenvalue weighted by Gasteiger charge is 2.28. The van der Waals surface area contributed by atoms with E-state index in [1.807, 2.05) is 18.4 Å². The van der Waals surface area contributed by atoms with Crippen LogP contribution in [0.25, 0.3) is 11.3 Å². The van der Waals surface area contributed by atoms with Crippen molar-refractivity contribution in [2.45, 2.75) is 24.1 Å². The van der Waals surface area contributed by atoms with E-state index in [0.717, 1.165) is 28.4 Å². The molecule has 27 heavy (non-hydrogen) atoms. The van der Waals surface area contributed by atoms with Gasteiger partial charge in [-0.1, -0.05) is 23.4 Å². The Balaban J connectivity index is 1.45. The smallest absolute Gasteiger partial charge is 0.225 e. The van der Waals surface area contributed by atoms with E-state index in [4.69, 9.17) is 21.1 Å². The van der Waals surface area contributed by atoms with Crippen LogP contribution in [0.5, 0.6) is 5.75 Å². The van der Waals surface area contributed by atoms with Crippen LogP contribution in [0.15, 0.2) is 29.6 Å². The highest BCUT2D eigenvalue weighted by atomic mass is 35.5. The molecule has 0 bridgehead atoms. The largest absolute Gasteiger partial charge is 0.486 e. The Morgan fingerprint density at radius 2 is 2.33 bits per heavy atom. The van der Waals surface area contributed by atoms with Crippen LogP contribution in [0.1, 0.15) is 12.0 Å². The highest BCUT2D eigenvalue weighted by Crippen LogP contribution is 2.39. The van der Waals surface area contributed by atoms with Crippen LogP contribution < -0.4 is 10.1 Å². The number of amides is 1. The minimum absolute atomic E-state index is 0.0319. The van der Waals surface area contributed by atoms with Crippen LogP contribution in [0.3, 0.4) is 0 Å². The van der Waals surface area contributed by atoms with Crippen molar-refractivity contribution in [1.29, 1.82) is 0 Å². The Morgan fingerprint density at radius 3 is 3.11 bits per heavy atom. The van der Waals surface area contributed by atoms with Gasteiger partial charge in [0, 0.05) is 30.4 Å². The van der Waals surface area contributed by atoms with Gasteiger partial charge in [-0.15, -0.1) is 0 Å². The Labute approximate surface area is 167 Å². The van der Waals surface area contributed by atoms with E-state index < -0.39 is 0 Å². The fraction of sp³-hybridized carbons (Fsp3) is 0.421. The summed E-state index contributed by atoms with van der Waals surface area (Å²) < 4.78 is 11.2. The normalized spacial score (nSPS) is 21.0. The topological polar surface area (TPSA) is 73.3 Å². The highest BCUT2D eigenvalue weighted by molar-refractivity contribution is 7.98. The first-order valence-corrected chi connectivity index (χ1v) is 10.5. The van der Waals surface area contributed by atoms with Crippen LogP contribution >= 0.6 is 23.4 Å². The molecular weight excluding hydrogens is 386 g/mol. The summed E-state index contributed by atoms with van der Waals surface area (Å²) in [6, 6.07) is 5.79. The van der Waals surface area contributed by atoms with E-state index in [9.17, 15) is 4.79 Å². The number of thioether (sulfide) groups is 1. The number of ether oxygens (including phenoxy) is 2. The second-order valence-corrected chi connectivity index (χ2v) is 7.81. The quantitative estimate of drug-likeness (QED) is 0.609. The summed E-state index contributed by atoms with van der Waals surface area (Å²) >= 11 is 7.95. The van der Waals surface area contributed by atoms with Gasteiger partial charge in [0.25, 0.3) is 0 Å². The van der Waals surface area contributed by atoms with Crippen molar-refractivity contribution in [3.8, 4) is 17.0 Å². The van der Waals surface area contributed by atoms with Crippen LogP contribution in [0.2, 0.25) is 5.02 Å². The second-order valence-electron chi connectivity index (χ2n) is 6.62. The first kappa shape index (κ1) is 18.5. The van der Waals surface area contributed by atoms with Crippen molar-refractivity contribution in [1.82, 2.24) is 15.3 Å². The summed E-state index contributed by atoms with van der Waals surface area (Å²) in [5, 5.41) is 4.25. The molecule has 2 aliphatic rings. The van der Waals surface area contributed by atoms with Gasteiger partial charge in [-0.2, -0.15) is 0 Å². The van der Waals surface area contributed by atoms with Gasteiger partial charge in [-0.25, -0.2) is 9.97 Å². The molecule has 2 aliphatic heterocycles. The SMILES string of the molecule is CSc1nccc(-c2cc(Cl)c3c(c2)C[C@H](CNC(=O)[C@H]2CCOC2)O3)n1. The minimum atomic E-state index is -0.119. The van der Waals surface area contributed by atoms with Crippen molar-refractivity contribution < 1.29 is 14.3 Å². The minimum Gasteiger partial charge on any atom is -0.486 e. The number of hydrogen-bond acceptors (Lipinski definition) is 6. The molecule has 0 aliphatic carbocycles. The third-order valence-electron chi connectivity index (χ3n) is 4.77. The number of aromatic nitrogens is 2. The van der Waals surface area contributed by atoms with Crippen molar-refractivity contribution in [3.63, 3.8) is 0 Å². The number of nitrogens with one attached hydrogen (secondary N) is 1. The monoisotopic (exact) mass is 405 g/mol. The van der Waals surface area contributed by atoms with Crippen molar-refractivity contribution in [2.24, 2.45) is 5.92 Å². The number of nitrogens with zero attached hydrogens (tertiary/aromatic N) is 2. The lowest BCUT2D eigenvalue weighted by atomic mass is 10.0. The van der Waals surface area contributed by atoms with Crippen molar-refractivity contribution in [3.05, 3.63) is 35.0 Å². The molecule has 0 radical (unpaired) electrons. The van der Waals surface area contributed by atoms with Gasteiger partial charge in [0.2, 0.25) is 5.91 Å². The first-order valence-electron chi connectivity index (χ1n) is 8.86. The molecular formula is C19H20ClN3O3S. The lowest BCUT2D eigenvalue weighted by molar-refractivity contribution is -0.125. The number of carbonyl (C=O) groups excluding carboxylic acids is 1. The van der Waals surface area contributed by atoms with E-state index >= 15 is 0 Å². The second kappa shape index (κ2) is 8.04. The molecule has 4 rings (SSSR count). The van der Waals surface area contributed by atoms with Crippen LogP contribution in [-0.4, -0.2) is 48.0 Å². The first-order chi connectivity index (χ1) is 13.1. The van der Waals surface area contributed by atoms with E-state index in [2.05, 4.69) is 21.4 Å². The molecule has 0 saturated carbocycles. The van der Waals surface area contributed by atoms with Gasteiger partial charge < -0.3 is 14.8 Å². The predicted octanol–water partition coefficient (Wildman–Crippen LogP) is 2.98. The Morgan fingerprint density at radius 1 is 1.44 bits per heavy atom. The molecule has 1 amide bonds. The summed E-state index contributed by atoms with van der Waals surface area (Å²) in [5.74, 6) is 0.680. The fourth-order valence-electron chi connectivity index (χ4n) is 3.35. The zero-order valence-electron chi connectivity index (χ0n) is 14.9. The predicted molar refractivity (Wildman–Crippen MR) is 104 cm³/mol. The molecule has 8 heteroatoms. The molecule has 2 aromatic rings. The third-order valence-corrected chi connectivity index (χ3v) is 5.61. The van der Waals surface area contributed by atoms with Gasteiger partial charge >= 0.3 is 0 Å². The number of fused-ring (bicyclic) bond motifs is 1. The number of benzene rings is 1. The molecule has 1 saturated heterocycles. The summed E-state index contributed by atoms with van der Waals surface area (Å²) in [4.78, 5) is 20.9. The van der Waals surface area contributed by atoms with Gasteiger partial charge in [0.05, 0.1) is 29.8 Å². The molecule has 1 N–H and O–H groups in total. The van der Waals surface area contributed by atoms with Crippen LogP contribution in [0, 0.1) is 5.92 Å². The summed E-state index contributed by atoms with van der Waals surface area (Å²) in [6.07, 6.45) is 5.05. The maximum atomic E-state index is 12.2. The molecule has 2 atom stereocenters. The van der Waals surface area contributed by atoms with Gasteiger partial charge in [-0.3, -0.25) is 4.79 Å². The van der Waals surface area contributed by atoms with Gasteiger partial charge in [-0.05, 0) is 30.9 Å². The lowest BCUT2D eigenvalue weighted by Crippen LogP contribution is -2.38. The summed E-state index contributed by atoms with van der Waals surface area (Å²) in [6.45, 7) is 1.62.